The number of carbonyl (C=O) groups is 2. The van der Waals surface area contributed by atoms with E-state index in [1.165, 1.54) is 17.4 Å². The molecule has 0 unspecified atom stereocenters. The van der Waals surface area contributed by atoms with Gasteiger partial charge in [0.2, 0.25) is 0 Å². The van der Waals surface area contributed by atoms with Crippen molar-refractivity contribution in [1.29, 1.82) is 0 Å². The molecular weight excluding hydrogens is 519 g/mol. The molecule has 2 amide bonds. The van der Waals surface area contributed by atoms with Crippen molar-refractivity contribution in [2.75, 3.05) is 19.6 Å². The Labute approximate surface area is 229 Å². The molecule has 1 aliphatic heterocycles. The van der Waals surface area contributed by atoms with Crippen LogP contribution in [0.4, 0.5) is 9.18 Å². The van der Waals surface area contributed by atoms with Crippen molar-refractivity contribution in [2.24, 2.45) is 0 Å². The van der Waals surface area contributed by atoms with Crippen molar-refractivity contribution in [3.8, 4) is 11.5 Å². The number of carbonyl (C=O) groups excluding carboxylic acids is 2. The van der Waals surface area contributed by atoms with Crippen molar-refractivity contribution < 1.29 is 23.2 Å². The van der Waals surface area contributed by atoms with Crippen LogP contribution < -0.4 is 10.1 Å². The first-order valence-electron chi connectivity index (χ1n) is 12.9. The largest absolute Gasteiger partial charge is 0.453 e. The molecule has 1 aliphatic rings. The number of halogens is 1. The quantitative estimate of drug-likeness (QED) is 0.272. The molecule has 0 atom stereocenters. The molecule has 0 aliphatic carbocycles. The second-order valence-corrected chi connectivity index (χ2v) is 10.5. The number of Topliss-reactive ketones (excluding diaryl/α,β-unsaturated/α-hetero) is 1. The molecular formula is C29H29FN4O4S. The molecule has 0 spiro atoms. The van der Waals surface area contributed by atoms with E-state index in [0.717, 1.165) is 33.5 Å². The number of nitrogens with one attached hydrogen (secondary N) is 1. The lowest BCUT2D eigenvalue weighted by Crippen LogP contribution is -2.42. The molecule has 0 radical (unpaired) electrons. The van der Waals surface area contributed by atoms with Crippen LogP contribution in [-0.2, 0) is 17.6 Å². The van der Waals surface area contributed by atoms with Crippen LogP contribution in [0.5, 0.6) is 11.5 Å². The summed E-state index contributed by atoms with van der Waals surface area (Å²) < 4.78 is 26.8. The fourth-order valence-electron chi connectivity index (χ4n) is 4.42. The number of hydrogen-bond donors (Lipinski definition) is 1. The molecule has 1 aromatic carbocycles. The summed E-state index contributed by atoms with van der Waals surface area (Å²) in [4.78, 5) is 31.9. The maximum Gasteiger partial charge on any atom is 0.317 e. The van der Waals surface area contributed by atoms with Gasteiger partial charge in [0.25, 0.3) is 0 Å². The van der Waals surface area contributed by atoms with E-state index in [4.69, 9.17) is 9.26 Å². The van der Waals surface area contributed by atoms with Crippen LogP contribution in [-0.4, -0.2) is 46.5 Å². The van der Waals surface area contributed by atoms with Crippen molar-refractivity contribution in [1.82, 2.24) is 20.4 Å². The van der Waals surface area contributed by atoms with Crippen molar-refractivity contribution in [3.63, 3.8) is 0 Å². The van der Waals surface area contributed by atoms with Gasteiger partial charge in [0, 0.05) is 49.3 Å². The molecule has 0 bridgehead atoms. The van der Waals surface area contributed by atoms with Gasteiger partial charge in [-0.25, -0.2) is 9.18 Å². The van der Waals surface area contributed by atoms with Crippen molar-refractivity contribution in [3.05, 3.63) is 76.4 Å². The first kappa shape index (κ1) is 26.6. The number of aromatic nitrogens is 2. The van der Waals surface area contributed by atoms with Gasteiger partial charge in [-0.15, -0.1) is 11.3 Å². The number of nitrogens with zero attached hydrogens (tertiary/aromatic N) is 3. The van der Waals surface area contributed by atoms with Crippen molar-refractivity contribution >= 4 is 38.9 Å². The lowest BCUT2D eigenvalue weighted by Gasteiger charge is -2.26. The minimum atomic E-state index is -0.546. The summed E-state index contributed by atoms with van der Waals surface area (Å²) in [5, 5.41) is 6.75. The summed E-state index contributed by atoms with van der Waals surface area (Å²) in [5.74, 6) is 0.599. The Bertz CT molecular complexity index is 1540. The molecule has 5 rings (SSSR count). The zero-order valence-corrected chi connectivity index (χ0v) is 22.6. The maximum atomic E-state index is 15.0. The van der Waals surface area contributed by atoms with Crippen LogP contribution in [0, 0.1) is 12.7 Å². The number of pyridine rings is 1. The highest BCUT2D eigenvalue weighted by Crippen LogP contribution is 2.39. The Morgan fingerprint density at radius 1 is 1.18 bits per heavy atom. The number of thiophene rings is 1. The topological polar surface area (TPSA) is 97.6 Å². The Kier molecular flexibility index (Phi) is 8.02. The van der Waals surface area contributed by atoms with E-state index in [2.05, 4.69) is 21.5 Å². The number of ketones is 1. The van der Waals surface area contributed by atoms with Crippen LogP contribution in [0.15, 0.2) is 53.2 Å². The van der Waals surface area contributed by atoms with Crippen molar-refractivity contribution in [2.45, 2.75) is 39.5 Å². The highest BCUT2D eigenvalue weighted by atomic mass is 32.1. The van der Waals surface area contributed by atoms with Gasteiger partial charge in [0.15, 0.2) is 11.6 Å². The number of rotatable bonds is 9. The molecule has 202 valence electrons. The van der Waals surface area contributed by atoms with Crippen LogP contribution in [0.3, 0.4) is 0 Å². The van der Waals surface area contributed by atoms with E-state index in [1.54, 1.807) is 42.3 Å². The standard InChI is InChI=1S/C29H29FN4O4S/c1-3-9-32-29(36)34-11-7-20(8-12-34)27-17-24-28(39-27)26(6-10-31-24)37-25-5-4-19(15-23(25)30)14-22(35)16-21-13-18(2)38-33-21/h4-7,10,13,15,17H,3,8-9,11-12,14,16H2,1-2H3,(H,32,36). The first-order chi connectivity index (χ1) is 18.9. The molecule has 0 saturated carbocycles. The molecule has 8 nitrogen and oxygen atoms in total. The third kappa shape index (κ3) is 6.34. The highest BCUT2D eigenvalue weighted by Gasteiger charge is 2.20. The van der Waals surface area contributed by atoms with Crippen LogP contribution in [0.25, 0.3) is 15.8 Å². The summed E-state index contributed by atoms with van der Waals surface area (Å²) in [6.45, 7) is 5.65. The lowest BCUT2D eigenvalue weighted by atomic mass is 10.1. The van der Waals surface area contributed by atoms with Gasteiger partial charge in [-0.1, -0.05) is 24.2 Å². The third-order valence-electron chi connectivity index (χ3n) is 6.39. The second-order valence-electron chi connectivity index (χ2n) is 9.48. The minimum absolute atomic E-state index is 0.0386. The monoisotopic (exact) mass is 548 g/mol. The minimum Gasteiger partial charge on any atom is -0.453 e. The fourth-order valence-corrected chi connectivity index (χ4v) is 5.56. The number of hydrogen-bond acceptors (Lipinski definition) is 7. The fraction of sp³-hybridized carbons (Fsp3) is 0.310. The van der Waals surface area contributed by atoms with Gasteiger partial charge in [-0.2, -0.15) is 0 Å². The predicted octanol–water partition coefficient (Wildman–Crippen LogP) is 6.09. The normalized spacial score (nSPS) is 13.4. The van der Waals surface area contributed by atoms with Crippen LogP contribution in [0.1, 0.15) is 41.7 Å². The number of amides is 2. The van der Waals surface area contributed by atoms with E-state index in [0.29, 0.717) is 42.4 Å². The zero-order valence-electron chi connectivity index (χ0n) is 21.8. The predicted molar refractivity (Wildman–Crippen MR) is 148 cm³/mol. The average Bonchev–Trinajstić information content (AvgIpc) is 3.55. The van der Waals surface area contributed by atoms with Gasteiger partial charge in [0.05, 0.1) is 22.3 Å². The Balaban J connectivity index is 1.27. The second kappa shape index (κ2) is 11.8. The first-order valence-corrected chi connectivity index (χ1v) is 13.7. The maximum absolute atomic E-state index is 15.0. The SMILES string of the molecule is CCCNC(=O)N1CC=C(c2cc3nccc(Oc4ccc(CC(=O)Cc5cc(C)on5)cc4F)c3s2)CC1. The Hall–Kier alpha value is -4.05. The average molecular weight is 549 g/mol. The van der Waals surface area contributed by atoms with E-state index in [-0.39, 0.29) is 30.4 Å². The van der Waals surface area contributed by atoms with Gasteiger partial charge < -0.3 is 19.5 Å². The summed E-state index contributed by atoms with van der Waals surface area (Å²) in [7, 11) is 0. The molecule has 3 aromatic heterocycles. The third-order valence-corrected chi connectivity index (χ3v) is 7.60. The summed E-state index contributed by atoms with van der Waals surface area (Å²) in [5.41, 5.74) is 3.05. The molecule has 4 heterocycles. The lowest BCUT2D eigenvalue weighted by molar-refractivity contribution is -0.117. The van der Waals surface area contributed by atoms with E-state index in [1.807, 2.05) is 13.0 Å². The zero-order chi connectivity index (χ0) is 27.4. The number of fused-ring (bicyclic) bond motifs is 1. The number of urea groups is 1. The summed E-state index contributed by atoms with van der Waals surface area (Å²) >= 11 is 1.54. The highest BCUT2D eigenvalue weighted by molar-refractivity contribution is 7.20. The van der Waals surface area contributed by atoms with E-state index < -0.39 is 5.82 Å². The number of aryl methyl sites for hydroxylation is 1. The molecule has 0 fully saturated rings. The van der Waals surface area contributed by atoms with E-state index >= 15 is 0 Å². The summed E-state index contributed by atoms with van der Waals surface area (Å²) in [6, 6.07) is 9.96. The number of ether oxygens (including phenoxy) is 1. The molecule has 0 saturated heterocycles. The van der Waals surface area contributed by atoms with Gasteiger partial charge in [0.1, 0.15) is 17.3 Å². The molecule has 1 N–H and O–H groups in total. The number of benzene rings is 1. The molecule has 4 aromatic rings. The summed E-state index contributed by atoms with van der Waals surface area (Å²) in [6.07, 6.45) is 5.58. The van der Waals surface area contributed by atoms with Crippen LogP contribution >= 0.6 is 11.3 Å². The molecule has 39 heavy (non-hydrogen) atoms. The Morgan fingerprint density at radius 3 is 2.77 bits per heavy atom. The Morgan fingerprint density at radius 2 is 2.05 bits per heavy atom. The molecule has 10 heteroatoms. The van der Waals surface area contributed by atoms with Gasteiger partial charge >= 0.3 is 6.03 Å². The smallest absolute Gasteiger partial charge is 0.317 e. The van der Waals surface area contributed by atoms with Gasteiger partial charge in [-0.05, 0) is 49.1 Å². The van der Waals surface area contributed by atoms with Crippen LogP contribution in [0.2, 0.25) is 0 Å². The van der Waals surface area contributed by atoms with E-state index in [9.17, 15) is 14.0 Å². The van der Waals surface area contributed by atoms with Gasteiger partial charge in [-0.3, -0.25) is 9.78 Å².